The van der Waals surface area contributed by atoms with Crippen molar-refractivity contribution in [2.24, 2.45) is 0 Å². The first-order valence-corrected chi connectivity index (χ1v) is 9.55. The molecule has 1 atom stereocenters. The summed E-state index contributed by atoms with van der Waals surface area (Å²) in [6.45, 7) is 2.07. The van der Waals surface area contributed by atoms with E-state index < -0.39 is 17.4 Å². The second-order valence-corrected chi connectivity index (χ2v) is 7.56. The van der Waals surface area contributed by atoms with Gasteiger partial charge >= 0.3 is 0 Å². The molecule has 1 aromatic carbocycles. The van der Waals surface area contributed by atoms with E-state index in [0.29, 0.717) is 11.7 Å². The Morgan fingerprint density at radius 1 is 1.11 bits per heavy atom. The van der Waals surface area contributed by atoms with Gasteiger partial charge in [0.25, 0.3) is 0 Å². The van der Waals surface area contributed by atoms with Crippen molar-refractivity contribution < 1.29 is 13.9 Å². The summed E-state index contributed by atoms with van der Waals surface area (Å²) in [4.78, 5) is 2.30. The summed E-state index contributed by atoms with van der Waals surface area (Å²) >= 11 is 0. The Bertz CT molecular complexity index is 858. The summed E-state index contributed by atoms with van der Waals surface area (Å²) in [5.74, 6) is -2.23. The van der Waals surface area contributed by atoms with Gasteiger partial charge in [0.15, 0.2) is 17.4 Å². The number of anilines is 1. The molecule has 0 amide bonds. The summed E-state index contributed by atoms with van der Waals surface area (Å²) < 4.78 is 27.2. The standard InChI is InChI=1S/C20H24F2N4O/c1-26-10-4-5-12(11-26)23-20-14-7-3-2-6-13(14)18(24-25-20)15-8-9-16(21)17(22)19(15)27/h8-9,12,27H,2-7,10-11H2,1H3,(H,23,25)/t12-/m1/s1. The van der Waals surface area contributed by atoms with E-state index in [4.69, 9.17) is 0 Å². The SMILES string of the molecule is CN1CCC[C@@H](Nc2nnc(-c3ccc(F)c(F)c3O)c3c2CCCC3)C1. The molecule has 1 saturated heterocycles. The van der Waals surface area contributed by atoms with Crippen molar-refractivity contribution >= 4 is 5.82 Å². The van der Waals surface area contributed by atoms with E-state index in [-0.39, 0.29) is 5.56 Å². The van der Waals surface area contributed by atoms with Crippen molar-refractivity contribution in [2.75, 3.05) is 25.5 Å². The van der Waals surface area contributed by atoms with Crippen LogP contribution < -0.4 is 5.32 Å². The van der Waals surface area contributed by atoms with E-state index >= 15 is 0 Å². The molecule has 4 rings (SSSR count). The van der Waals surface area contributed by atoms with Crippen molar-refractivity contribution in [3.8, 4) is 17.0 Å². The zero-order chi connectivity index (χ0) is 19.0. The van der Waals surface area contributed by atoms with E-state index in [1.165, 1.54) is 6.07 Å². The van der Waals surface area contributed by atoms with Crippen LogP contribution in [0.1, 0.15) is 36.8 Å². The minimum atomic E-state index is -1.24. The first-order chi connectivity index (χ1) is 13.0. The Morgan fingerprint density at radius 3 is 2.67 bits per heavy atom. The summed E-state index contributed by atoms with van der Waals surface area (Å²) in [5.41, 5.74) is 2.71. The molecular weight excluding hydrogens is 350 g/mol. The van der Waals surface area contributed by atoms with Crippen LogP contribution in [0.15, 0.2) is 12.1 Å². The fourth-order valence-corrected chi connectivity index (χ4v) is 4.19. The second kappa shape index (κ2) is 7.38. The lowest BCUT2D eigenvalue weighted by molar-refractivity contribution is 0.260. The molecule has 1 aliphatic carbocycles. The maximum absolute atomic E-state index is 13.8. The van der Waals surface area contributed by atoms with Crippen LogP contribution in [-0.4, -0.2) is 46.4 Å². The van der Waals surface area contributed by atoms with Gasteiger partial charge in [0.1, 0.15) is 5.69 Å². The molecular formula is C20H24F2N4O. The molecule has 2 N–H and O–H groups in total. The highest BCUT2D eigenvalue weighted by atomic mass is 19.2. The predicted octanol–water partition coefficient (Wildman–Crippen LogP) is 3.51. The summed E-state index contributed by atoms with van der Waals surface area (Å²) in [6.07, 6.45) is 5.95. The first-order valence-electron chi connectivity index (χ1n) is 9.55. The molecule has 1 aliphatic heterocycles. The maximum Gasteiger partial charge on any atom is 0.201 e. The highest BCUT2D eigenvalue weighted by Crippen LogP contribution is 2.38. The molecule has 1 fully saturated rings. The molecule has 0 spiro atoms. The lowest BCUT2D eigenvalue weighted by Gasteiger charge is -2.31. The summed E-state index contributed by atoms with van der Waals surface area (Å²) in [5, 5.41) is 22.3. The quantitative estimate of drug-likeness (QED) is 0.861. The number of halogens is 2. The maximum atomic E-state index is 13.8. The van der Waals surface area contributed by atoms with Gasteiger partial charge in [0, 0.05) is 23.7 Å². The van der Waals surface area contributed by atoms with E-state index in [0.717, 1.165) is 74.6 Å². The number of aromatic nitrogens is 2. The lowest BCUT2D eigenvalue weighted by atomic mass is 9.88. The van der Waals surface area contributed by atoms with Crippen LogP contribution in [0.4, 0.5) is 14.6 Å². The average Bonchev–Trinajstić information content (AvgIpc) is 2.67. The van der Waals surface area contributed by atoms with E-state index in [1.54, 1.807) is 0 Å². The molecule has 0 bridgehead atoms. The molecule has 27 heavy (non-hydrogen) atoms. The largest absolute Gasteiger partial charge is 0.504 e. The van der Waals surface area contributed by atoms with Crippen molar-refractivity contribution in [2.45, 2.75) is 44.6 Å². The van der Waals surface area contributed by atoms with E-state index in [2.05, 4.69) is 27.5 Å². The van der Waals surface area contributed by atoms with Gasteiger partial charge in [-0.25, -0.2) is 4.39 Å². The third-order valence-electron chi connectivity index (χ3n) is 5.58. The Hall–Kier alpha value is -2.28. The fraction of sp³-hybridized carbons (Fsp3) is 0.500. The highest BCUT2D eigenvalue weighted by molar-refractivity contribution is 5.72. The number of rotatable bonds is 3. The Morgan fingerprint density at radius 2 is 1.89 bits per heavy atom. The van der Waals surface area contributed by atoms with Crippen molar-refractivity contribution in [1.82, 2.24) is 15.1 Å². The fourth-order valence-electron chi connectivity index (χ4n) is 4.19. The number of nitrogens with one attached hydrogen (secondary N) is 1. The van der Waals surface area contributed by atoms with Crippen LogP contribution in [0.5, 0.6) is 5.75 Å². The minimum absolute atomic E-state index is 0.198. The molecule has 1 aromatic heterocycles. The topological polar surface area (TPSA) is 61.3 Å². The molecule has 144 valence electrons. The lowest BCUT2D eigenvalue weighted by Crippen LogP contribution is -2.40. The molecule has 0 saturated carbocycles. The number of aromatic hydroxyl groups is 1. The number of phenols is 1. The molecule has 5 nitrogen and oxygen atoms in total. The first kappa shape index (κ1) is 18.1. The molecule has 0 unspecified atom stereocenters. The normalized spacial score (nSPS) is 20.3. The number of fused-ring (bicyclic) bond motifs is 1. The molecule has 7 heteroatoms. The number of benzene rings is 1. The van der Waals surface area contributed by atoms with Gasteiger partial charge in [-0.1, -0.05) is 0 Å². The highest BCUT2D eigenvalue weighted by Gasteiger charge is 2.26. The minimum Gasteiger partial charge on any atom is -0.504 e. The van der Waals surface area contributed by atoms with Gasteiger partial charge in [-0.05, 0) is 69.8 Å². The molecule has 2 aromatic rings. The summed E-state index contributed by atoms with van der Waals surface area (Å²) in [7, 11) is 2.12. The number of piperidine rings is 1. The number of phenolic OH excluding ortho intramolecular Hbond substituents is 1. The predicted molar refractivity (Wildman–Crippen MR) is 99.8 cm³/mol. The van der Waals surface area contributed by atoms with Gasteiger partial charge in [-0.3, -0.25) is 0 Å². The average molecular weight is 374 g/mol. The molecule has 2 aliphatic rings. The van der Waals surface area contributed by atoms with Gasteiger partial charge in [0.05, 0.1) is 0 Å². The number of hydrogen-bond donors (Lipinski definition) is 2. The zero-order valence-electron chi connectivity index (χ0n) is 15.4. The Balaban J connectivity index is 1.72. The number of nitrogens with zero attached hydrogens (tertiary/aromatic N) is 3. The summed E-state index contributed by atoms with van der Waals surface area (Å²) in [6, 6.07) is 2.72. The molecule has 0 radical (unpaired) electrons. The van der Waals surface area contributed by atoms with Crippen LogP contribution in [0.2, 0.25) is 0 Å². The van der Waals surface area contributed by atoms with Crippen LogP contribution >= 0.6 is 0 Å². The van der Waals surface area contributed by atoms with Gasteiger partial charge < -0.3 is 15.3 Å². The smallest absolute Gasteiger partial charge is 0.201 e. The number of hydrogen-bond acceptors (Lipinski definition) is 5. The van der Waals surface area contributed by atoms with Crippen LogP contribution in [-0.2, 0) is 12.8 Å². The van der Waals surface area contributed by atoms with E-state index in [1.807, 2.05) is 0 Å². The third-order valence-corrected chi connectivity index (χ3v) is 5.58. The second-order valence-electron chi connectivity index (χ2n) is 7.56. The monoisotopic (exact) mass is 374 g/mol. The van der Waals surface area contributed by atoms with Gasteiger partial charge in [-0.2, -0.15) is 4.39 Å². The third kappa shape index (κ3) is 3.48. The molecule has 2 heterocycles. The van der Waals surface area contributed by atoms with Crippen molar-refractivity contribution in [3.63, 3.8) is 0 Å². The van der Waals surface area contributed by atoms with Gasteiger partial charge in [-0.15, -0.1) is 10.2 Å². The zero-order valence-corrected chi connectivity index (χ0v) is 15.4. The Labute approximate surface area is 157 Å². The van der Waals surface area contributed by atoms with Crippen molar-refractivity contribution in [3.05, 3.63) is 34.9 Å². The van der Waals surface area contributed by atoms with Crippen LogP contribution in [0.3, 0.4) is 0 Å². The van der Waals surface area contributed by atoms with Crippen molar-refractivity contribution in [1.29, 1.82) is 0 Å². The van der Waals surface area contributed by atoms with Crippen LogP contribution in [0.25, 0.3) is 11.3 Å². The number of likely N-dealkylation sites (N-methyl/N-ethyl adjacent to an activating group) is 1. The Kier molecular flexibility index (Phi) is 4.95. The van der Waals surface area contributed by atoms with Crippen LogP contribution in [0, 0.1) is 11.6 Å². The van der Waals surface area contributed by atoms with Gasteiger partial charge in [0.2, 0.25) is 5.82 Å². The number of likely N-dealkylation sites (tertiary alicyclic amines) is 1. The van der Waals surface area contributed by atoms with E-state index in [9.17, 15) is 13.9 Å².